The maximum absolute atomic E-state index is 12.4. The highest BCUT2D eigenvalue weighted by molar-refractivity contribution is 5.97. The average Bonchev–Trinajstić information content (AvgIpc) is 2.29. The van der Waals surface area contributed by atoms with Crippen LogP contribution in [0.25, 0.3) is 6.08 Å². The standard InChI is InChI=1S/C16H23NO/c1-12(2)17(13(3)4)16(18)14(5)11-15-9-7-6-8-10-15/h6-13H,1-5H3/b14-11+. The SMILES string of the molecule is C/C(=C\c1ccccc1)C(=O)N(C(C)C)C(C)C. The molecule has 1 amide bonds. The Labute approximate surface area is 110 Å². The summed E-state index contributed by atoms with van der Waals surface area (Å²) in [7, 11) is 0. The smallest absolute Gasteiger partial charge is 0.249 e. The van der Waals surface area contributed by atoms with Crippen LogP contribution >= 0.6 is 0 Å². The number of carbonyl (C=O) groups excluding carboxylic acids is 1. The van der Waals surface area contributed by atoms with Crippen molar-refractivity contribution in [3.63, 3.8) is 0 Å². The average molecular weight is 245 g/mol. The summed E-state index contributed by atoms with van der Waals surface area (Å²) in [4.78, 5) is 14.3. The minimum absolute atomic E-state index is 0.115. The van der Waals surface area contributed by atoms with Crippen molar-refractivity contribution in [2.75, 3.05) is 0 Å². The second kappa shape index (κ2) is 6.39. The number of benzene rings is 1. The number of rotatable bonds is 4. The monoisotopic (exact) mass is 245 g/mol. The first-order valence-corrected chi connectivity index (χ1v) is 6.49. The van der Waals surface area contributed by atoms with Crippen LogP contribution in [0.3, 0.4) is 0 Å². The van der Waals surface area contributed by atoms with Crippen LogP contribution in [-0.2, 0) is 4.79 Å². The Bertz CT molecular complexity index is 410. The lowest BCUT2D eigenvalue weighted by Gasteiger charge is -2.31. The predicted octanol–water partition coefficient (Wildman–Crippen LogP) is 3.74. The van der Waals surface area contributed by atoms with E-state index in [0.29, 0.717) is 0 Å². The zero-order valence-corrected chi connectivity index (χ0v) is 12.0. The van der Waals surface area contributed by atoms with Gasteiger partial charge in [-0.25, -0.2) is 0 Å². The Balaban J connectivity index is 2.92. The predicted molar refractivity (Wildman–Crippen MR) is 77.2 cm³/mol. The zero-order valence-electron chi connectivity index (χ0n) is 12.0. The number of nitrogens with zero attached hydrogens (tertiary/aromatic N) is 1. The molecule has 0 saturated heterocycles. The Morgan fingerprint density at radius 3 is 2.00 bits per heavy atom. The Kier molecular flexibility index (Phi) is 5.14. The van der Waals surface area contributed by atoms with Gasteiger partial charge in [-0.05, 0) is 46.3 Å². The third-order valence-corrected chi connectivity index (χ3v) is 2.87. The van der Waals surface area contributed by atoms with Gasteiger partial charge in [0.1, 0.15) is 0 Å². The largest absolute Gasteiger partial charge is 0.334 e. The van der Waals surface area contributed by atoms with E-state index in [0.717, 1.165) is 11.1 Å². The van der Waals surface area contributed by atoms with Crippen molar-refractivity contribution in [3.05, 3.63) is 41.5 Å². The van der Waals surface area contributed by atoms with Crippen LogP contribution in [0.4, 0.5) is 0 Å². The molecule has 0 aliphatic rings. The van der Waals surface area contributed by atoms with Crippen molar-refractivity contribution in [2.45, 2.75) is 46.7 Å². The first kappa shape index (κ1) is 14.5. The Morgan fingerprint density at radius 1 is 1.06 bits per heavy atom. The summed E-state index contributed by atoms with van der Waals surface area (Å²) >= 11 is 0. The molecule has 2 nitrogen and oxygen atoms in total. The van der Waals surface area contributed by atoms with E-state index in [2.05, 4.69) is 0 Å². The molecule has 98 valence electrons. The highest BCUT2D eigenvalue weighted by Gasteiger charge is 2.20. The van der Waals surface area contributed by atoms with E-state index < -0.39 is 0 Å². The highest BCUT2D eigenvalue weighted by Crippen LogP contribution is 2.13. The van der Waals surface area contributed by atoms with E-state index in [4.69, 9.17) is 0 Å². The van der Waals surface area contributed by atoms with Gasteiger partial charge in [-0.15, -0.1) is 0 Å². The second-order valence-electron chi connectivity index (χ2n) is 5.14. The van der Waals surface area contributed by atoms with Crippen LogP contribution in [0.2, 0.25) is 0 Å². The van der Waals surface area contributed by atoms with Crippen molar-refractivity contribution in [1.82, 2.24) is 4.90 Å². The van der Waals surface area contributed by atoms with Crippen LogP contribution in [-0.4, -0.2) is 22.9 Å². The maximum Gasteiger partial charge on any atom is 0.249 e. The van der Waals surface area contributed by atoms with Crippen LogP contribution in [0, 0.1) is 0 Å². The van der Waals surface area contributed by atoms with Crippen LogP contribution in [0.15, 0.2) is 35.9 Å². The van der Waals surface area contributed by atoms with Gasteiger partial charge in [-0.3, -0.25) is 4.79 Å². The molecule has 0 atom stereocenters. The van der Waals surface area contributed by atoms with Crippen molar-refractivity contribution in [2.24, 2.45) is 0 Å². The lowest BCUT2D eigenvalue weighted by atomic mass is 10.1. The molecule has 1 rings (SSSR count). The summed E-state index contributed by atoms with van der Waals surface area (Å²) in [5.41, 5.74) is 1.85. The minimum atomic E-state index is 0.115. The number of hydrogen-bond donors (Lipinski definition) is 0. The van der Waals surface area contributed by atoms with Gasteiger partial charge in [0, 0.05) is 17.7 Å². The molecule has 0 aliphatic heterocycles. The van der Waals surface area contributed by atoms with Crippen LogP contribution < -0.4 is 0 Å². The molecule has 1 aromatic rings. The maximum atomic E-state index is 12.4. The molecule has 0 fully saturated rings. The Hall–Kier alpha value is -1.57. The molecular formula is C16H23NO. The highest BCUT2D eigenvalue weighted by atomic mass is 16.2. The molecule has 0 heterocycles. The van der Waals surface area contributed by atoms with Gasteiger partial charge in [0.2, 0.25) is 5.91 Å². The number of hydrogen-bond acceptors (Lipinski definition) is 1. The molecule has 0 unspecified atom stereocenters. The van der Waals surface area contributed by atoms with Crippen molar-refractivity contribution >= 4 is 12.0 Å². The molecule has 0 aliphatic carbocycles. The van der Waals surface area contributed by atoms with E-state index in [-0.39, 0.29) is 18.0 Å². The molecule has 0 bridgehead atoms. The third kappa shape index (κ3) is 3.73. The minimum Gasteiger partial charge on any atom is -0.334 e. The van der Waals surface area contributed by atoms with Gasteiger partial charge in [0.05, 0.1) is 0 Å². The normalized spacial score (nSPS) is 12.1. The topological polar surface area (TPSA) is 20.3 Å². The van der Waals surface area contributed by atoms with Gasteiger partial charge < -0.3 is 4.90 Å². The summed E-state index contributed by atoms with van der Waals surface area (Å²) < 4.78 is 0. The molecule has 0 aromatic heterocycles. The summed E-state index contributed by atoms with van der Waals surface area (Å²) in [6.45, 7) is 10.1. The first-order valence-electron chi connectivity index (χ1n) is 6.49. The first-order chi connectivity index (χ1) is 8.43. The van der Waals surface area contributed by atoms with E-state index in [9.17, 15) is 4.79 Å². The summed E-state index contributed by atoms with van der Waals surface area (Å²) in [5, 5.41) is 0. The van der Waals surface area contributed by atoms with Crippen LogP contribution in [0.1, 0.15) is 40.2 Å². The fraction of sp³-hybridized carbons (Fsp3) is 0.438. The van der Waals surface area contributed by atoms with E-state index in [1.165, 1.54) is 0 Å². The summed E-state index contributed by atoms with van der Waals surface area (Å²) in [5.74, 6) is 0.115. The molecule has 0 radical (unpaired) electrons. The molecule has 0 saturated carbocycles. The van der Waals surface area contributed by atoms with Gasteiger partial charge in [-0.2, -0.15) is 0 Å². The van der Waals surface area contributed by atoms with Crippen molar-refractivity contribution in [1.29, 1.82) is 0 Å². The molecule has 1 aromatic carbocycles. The van der Waals surface area contributed by atoms with E-state index >= 15 is 0 Å². The van der Waals surface area contributed by atoms with E-state index in [1.54, 1.807) is 0 Å². The number of amides is 1. The van der Waals surface area contributed by atoms with Crippen LogP contribution in [0.5, 0.6) is 0 Å². The number of carbonyl (C=O) groups is 1. The summed E-state index contributed by atoms with van der Waals surface area (Å²) in [6, 6.07) is 10.4. The lowest BCUT2D eigenvalue weighted by molar-refractivity contribution is -0.130. The summed E-state index contributed by atoms with van der Waals surface area (Å²) in [6.07, 6.45) is 1.94. The lowest BCUT2D eigenvalue weighted by Crippen LogP contribution is -2.42. The quantitative estimate of drug-likeness (QED) is 0.740. The molecule has 0 spiro atoms. The molecule has 18 heavy (non-hydrogen) atoms. The van der Waals surface area contributed by atoms with Gasteiger partial charge in [0.15, 0.2) is 0 Å². The van der Waals surface area contributed by atoms with E-state index in [1.807, 2.05) is 75.9 Å². The zero-order chi connectivity index (χ0) is 13.7. The van der Waals surface area contributed by atoms with Crippen molar-refractivity contribution in [3.8, 4) is 0 Å². The van der Waals surface area contributed by atoms with Gasteiger partial charge in [-0.1, -0.05) is 30.3 Å². The third-order valence-electron chi connectivity index (χ3n) is 2.87. The van der Waals surface area contributed by atoms with Gasteiger partial charge >= 0.3 is 0 Å². The molecule has 2 heteroatoms. The second-order valence-corrected chi connectivity index (χ2v) is 5.14. The fourth-order valence-electron chi connectivity index (χ4n) is 2.13. The molecule has 0 N–H and O–H groups in total. The van der Waals surface area contributed by atoms with Crippen molar-refractivity contribution < 1.29 is 4.79 Å². The molecular weight excluding hydrogens is 222 g/mol. The van der Waals surface area contributed by atoms with Gasteiger partial charge in [0.25, 0.3) is 0 Å². The Morgan fingerprint density at radius 2 is 1.56 bits per heavy atom. The fourth-order valence-corrected chi connectivity index (χ4v) is 2.13.